The SMILES string of the molecule is Cc1ccc2c(N3CC(NC(=O)OCC4CCOC4)C3)nc(-c3ccccc3O)nc2c1.[HH]. The smallest absolute Gasteiger partial charge is 0.407 e. The Labute approximate surface area is 187 Å². The highest BCUT2D eigenvalue weighted by atomic mass is 16.6. The minimum Gasteiger partial charge on any atom is -0.507 e. The summed E-state index contributed by atoms with van der Waals surface area (Å²) in [5.41, 5.74) is 2.51. The molecule has 0 spiro atoms. The lowest BCUT2D eigenvalue weighted by atomic mass is 10.1. The van der Waals surface area contributed by atoms with Gasteiger partial charge < -0.3 is 24.8 Å². The number of aromatic hydroxyl groups is 1. The molecule has 0 bridgehead atoms. The largest absolute Gasteiger partial charge is 0.507 e. The maximum Gasteiger partial charge on any atom is 0.407 e. The Morgan fingerprint density at radius 2 is 2.12 bits per heavy atom. The first-order valence-electron chi connectivity index (χ1n) is 10.9. The van der Waals surface area contributed by atoms with E-state index in [0.29, 0.717) is 43.6 Å². The van der Waals surface area contributed by atoms with E-state index in [2.05, 4.69) is 10.2 Å². The number of aryl methyl sites for hydroxylation is 1. The fraction of sp³-hybridized carbons (Fsp3) is 0.375. The molecule has 2 fully saturated rings. The van der Waals surface area contributed by atoms with Gasteiger partial charge in [-0.15, -0.1) is 0 Å². The van der Waals surface area contributed by atoms with Crippen molar-refractivity contribution in [1.82, 2.24) is 15.3 Å². The maximum absolute atomic E-state index is 12.1. The lowest BCUT2D eigenvalue weighted by Crippen LogP contribution is -2.60. The normalized spacial score (nSPS) is 18.5. The minimum absolute atomic E-state index is 0. The molecule has 2 saturated heterocycles. The third kappa shape index (κ3) is 4.18. The number of benzene rings is 2. The van der Waals surface area contributed by atoms with Gasteiger partial charge in [-0.1, -0.05) is 18.2 Å². The van der Waals surface area contributed by atoms with Crippen molar-refractivity contribution in [1.29, 1.82) is 0 Å². The molecular weight excluding hydrogens is 408 g/mol. The molecular formula is C24H28N4O4. The fourth-order valence-electron chi connectivity index (χ4n) is 4.11. The number of carbonyl (C=O) groups excluding carboxylic acids is 1. The molecule has 8 heteroatoms. The average Bonchev–Trinajstić information content (AvgIpc) is 3.28. The Morgan fingerprint density at radius 3 is 2.91 bits per heavy atom. The zero-order chi connectivity index (χ0) is 22.1. The number of fused-ring (bicyclic) bond motifs is 1. The van der Waals surface area contributed by atoms with E-state index >= 15 is 0 Å². The summed E-state index contributed by atoms with van der Waals surface area (Å²) in [5.74, 6) is 1.71. The van der Waals surface area contributed by atoms with Crippen LogP contribution in [0.25, 0.3) is 22.3 Å². The number of alkyl carbamates (subject to hydrolysis) is 1. The van der Waals surface area contributed by atoms with Gasteiger partial charge in [0.25, 0.3) is 0 Å². The van der Waals surface area contributed by atoms with E-state index in [1.807, 2.05) is 37.3 Å². The van der Waals surface area contributed by atoms with E-state index in [0.717, 1.165) is 35.3 Å². The second-order valence-electron chi connectivity index (χ2n) is 8.48. The van der Waals surface area contributed by atoms with E-state index in [4.69, 9.17) is 19.4 Å². The summed E-state index contributed by atoms with van der Waals surface area (Å²) in [5, 5.41) is 14.2. The topological polar surface area (TPSA) is 96.8 Å². The Bertz CT molecular complexity index is 1150. The first kappa shape index (κ1) is 20.5. The molecule has 32 heavy (non-hydrogen) atoms. The van der Waals surface area contributed by atoms with Gasteiger partial charge in [0, 0.05) is 32.4 Å². The van der Waals surface area contributed by atoms with Crippen LogP contribution < -0.4 is 10.2 Å². The highest BCUT2D eigenvalue weighted by molar-refractivity contribution is 5.92. The van der Waals surface area contributed by atoms with Gasteiger partial charge in [-0.25, -0.2) is 14.8 Å². The molecule has 3 heterocycles. The highest BCUT2D eigenvalue weighted by Crippen LogP contribution is 2.33. The second kappa shape index (κ2) is 8.63. The number of anilines is 1. The molecule has 2 aliphatic rings. The molecule has 1 atom stereocenters. The molecule has 1 amide bonds. The van der Waals surface area contributed by atoms with Gasteiger partial charge in [-0.2, -0.15) is 0 Å². The van der Waals surface area contributed by atoms with Crippen LogP contribution in [0.2, 0.25) is 0 Å². The Hall–Kier alpha value is -3.39. The zero-order valence-electron chi connectivity index (χ0n) is 18.0. The van der Waals surface area contributed by atoms with Crippen molar-refractivity contribution in [2.45, 2.75) is 19.4 Å². The molecule has 5 rings (SSSR count). The summed E-state index contributed by atoms with van der Waals surface area (Å²) < 4.78 is 10.7. The summed E-state index contributed by atoms with van der Waals surface area (Å²) in [7, 11) is 0. The van der Waals surface area contributed by atoms with Crippen LogP contribution in [0, 0.1) is 12.8 Å². The lowest BCUT2D eigenvalue weighted by molar-refractivity contribution is 0.113. The number of ether oxygens (including phenoxy) is 2. The number of hydrogen-bond acceptors (Lipinski definition) is 7. The lowest BCUT2D eigenvalue weighted by Gasteiger charge is -2.40. The molecule has 0 radical (unpaired) electrons. The van der Waals surface area contributed by atoms with E-state index in [1.54, 1.807) is 12.1 Å². The van der Waals surface area contributed by atoms with Gasteiger partial charge in [-0.3, -0.25) is 0 Å². The van der Waals surface area contributed by atoms with Crippen LogP contribution in [0.5, 0.6) is 5.75 Å². The number of hydrogen-bond donors (Lipinski definition) is 2. The first-order valence-corrected chi connectivity index (χ1v) is 10.9. The Morgan fingerprint density at radius 1 is 1.28 bits per heavy atom. The van der Waals surface area contributed by atoms with E-state index in [1.165, 1.54) is 0 Å². The summed E-state index contributed by atoms with van der Waals surface area (Å²) in [4.78, 5) is 23.7. The van der Waals surface area contributed by atoms with Crippen molar-refractivity contribution in [3.05, 3.63) is 48.0 Å². The van der Waals surface area contributed by atoms with E-state index in [-0.39, 0.29) is 19.3 Å². The van der Waals surface area contributed by atoms with Crippen molar-refractivity contribution < 1.29 is 20.8 Å². The summed E-state index contributed by atoms with van der Waals surface area (Å²) in [6.07, 6.45) is 0.545. The van der Waals surface area contributed by atoms with Crippen LogP contribution in [0.15, 0.2) is 42.5 Å². The number of amides is 1. The Kier molecular flexibility index (Phi) is 5.53. The number of para-hydroxylation sites is 1. The molecule has 2 aliphatic heterocycles. The summed E-state index contributed by atoms with van der Waals surface area (Å²) in [6.45, 7) is 5.06. The quantitative estimate of drug-likeness (QED) is 0.632. The van der Waals surface area contributed by atoms with Crippen molar-refractivity contribution in [3.63, 3.8) is 0 Å². The number of carbonyl (C=O) groups is 1. The van der Waals surface area contributed by atoms with Crippen molar-refractivity contribution >= 4 is 22.8 Å². The van der Waals surface area contributed by atoms with Crippen LogP contribution in [0.3, 0.4) is 0 Å². The van der Waals surface area contributed by atoms with Crippen LogP contribution in [0.1, 0.15) is 13.4 Å². The monoisotopic (exact) mass is 436 g/mol. The molecule has 1 unspecified atom stereocenters. The van der Waals surface area contributed by atoms with Crippen molar-refractivity contribution in [2.24, 2.45) is 5.92 Å². The van der Waals surface area contributed by atoms with Gasteiger partial charge in [0.05, 0.1) is 30.3 Å². The summed E-state index contributed by atoms with van der Waals surface area (Å²) in [6, 6.07) is 13.1. The van der Waals surface area contributed by atoms with E-state index in [9.17, 15) is 9.90 Å². The summed E-state index contributed by atoms with van der Waals surface area (Å²) >= 11 is 0. The number of aromatic nitrogens is 2. The first-order chi connectivity index (χ1) is 15.6. The van der Waals surface area contributed by atoms with Crippen LogP contribution in [-0.2, 0) is 9.47 Å². The van der Waals surface area contributed by atoms with E-state index < -0.39 is 0 Å². The molecule has 8 nitrogen and oxygen atoms in total. The maximum atomic E-state index is 12.1. The minimum atomic E-state index is -0.389. The Balaban J connectivity index is 0.00000259. The third-order valence-electron chi connectivity index (χ3n) is 5.95. The van der Waals surface area contributed by atoms with Gasteiger partial charge in [0.15, 0.2) is 5.82 Å². The molecule has 2 aromatic carbocycles. The number of phenolic OH excluding ortho intramolecular Hbond substituents is 1. The standard InChI is InChI=1S/C24H26N4O4.H2/c1-15-6-7-18-20(10-15)26-22(19-4-2-3-5-21(19)29)27-23(18)28-11-17(12-28)25-24(30)32-14-16-8-9-31-13-16;/h2-7,10,16-17,29H,8-9,11-14H2,1H3,(H,25,30);1H. The second-order valence-corrected chi connectivity index (χ2v) is 8.48. The van der Waals surface area contributed by atoms with Gasteiger partial charge in [0.1, 0.15) is 11.6 Å². The fourth-order valence-corrected chi connectivity index (χ4v) is 4.11. The highest BCUT2D eigenvalue weighted by Gasteiger charge is 2.31. The van der Waals surface area contributed by atoms with Gasteiger partial charge in [0.2, 0.25) is 0 Å². The van der Waals surface area contributed by atoms with Gasteiger partial charge >= 0.3 is 6.09 Å². The number of rotatable bonds is 5. The average molecular weight is 437 g/mol. The molecule has 3 aromatic rings. The van der Waals surface area contributed by atoms with Crippen LogP contribution in [-0.4, -0.2) is 60.1 Å². The number of phenols is 1. The number of nitrogens with zero attached hydrogens (tertiary/aromatic N) is 3. The van der Waals surface area contributed by atoms with Crippen molar-refractivity contribution in [3.8, 4) is 17.1 Å². The third-order valence-corrected chi connectivity index (χ3v) is 5.95. The molecule has 2 N–H and O–H groups in total. The predicted molar refractivity (Wildman–Crippen MR) is 123 cm³/mol. The van der Waals surface area contributed by atoms with Gasteiger partial charge in [-0.05, 0) is 43.2 Å². The molecule has 168 valence electrons. The predicted octanol–water partition coefficient (Wildman–Crippen LogP) is 3.51. The molecule has 0 aliphatic carbocycles. The molecule has 0 saturated carbocycles. The zero-order valence-corrected chi connectivity index (χ0v) is 18.0. The van der Waals surface area contributed by atoms with Crippen LogP contribution >= 0.6 is 0 Å². The van der Waals surface area contributed by atoms with Crippen LogP contribution in [0.4, 0.5) is 10.6 Å². The van der Waals surface area contributed by atoms with Crippen molar-refractivity contribution in [2.75, 3.05) is 37.8 Å². The molecule has 1 aromatic heterocycles. The number of nitrogens with one attached hydrogen (secondary N) is 1.